The van der Waals surface area contributed by atoms with Gasteiger partial charge < -0.3 is 9.64 Å². The van der Waals surface area contributed by atoms with Crippen LogP contribution in [-0.4, -0.2) is 35.5 Å². The van der Waals surface area contributed by atoms with Crippen LogP contribution in [-0.2, 0) is 11.2 Å². The second-order valence-electron chi connectivity index (χ2n) is 6.32. The van der Waals surface area contributed by atoms with Gasteiger partial charge in [0.25, 0.3) is 0 Å². The number of hydrogen-bond acceptors (Lipinski definition) is 3. The Morgan fingerprint density at radius 2 is 2.08 bits per heavy atom. The maximum absolute atomic E-state index is 12.4. The van der Waals surface area contributed by atoms with E-state index >= 15 is 0 Å². The van der Waals surface area contributed by atoms with E-state index in [9.17, 15) is 4.79 Å². The minimum Gasteiger partial charge on any atom is -0.493 e. The number of amides is 1. The summed E-state index contributed by atoms with van der Waals surface area (Å²) in [5.74, 6) is 1.54. The quantitative estimate of drug-likeness (QED) is 0.818. The van der Waals surface area contributed by atoms with Crippen molar-refractivity contribution in [2.24, 2.45) is 5.92 Å². The molecule has 2 heterocycles. The number of pyridine rings is 1. The summed E-state index contributed by atoms with van der Waals surface area (Å²) in [6.07, 6.45) is 7.42. The van der Waals surface area contributed by atoms with Gasteiger partial charge in [-0.25, -0.2) is 0 Å². The molecule has 1 aromatic carbocycles. The van der Waals surface area contributed by atoms with Crippen molar-refractivity contribution in [3.05, 3.63) is 60.4 Å². The molecule has 1 amide bonds. The molecule has 1 aromatic heterocycles. The third kappa shape index (κ3) is 4.82. The van der Waals surface area contributed by atoms with Crippen LogP contribution in [0.1, 0.15) is 24.8 Å². The summed E-state index contributed by atoms with van der Waals surface area (Å²) in [6, 6.07) is 13.7. The van der Waals surface area contributed by atoms with Gasteiger partial charge in [0, 0.05) is 25.5 Å². The molecular weight excluding hydrogens is 300 g/mol. The zero-order chi connectivity index (χ0) is 16.6. The number of benzene rings is 1. The molecule has 1 aliphatic rings. The van der Waals surface area contributed by atoms with Crippen LogP contribution < -0.4 is 4.74 Å². The molecule has 0 N–H and O–H groups in total. The van der Waals surface area contributed by atoms with Gasteiger partial charge in [-0.15, -0.1) is 0 Å². The van der Waals surface area contributed by atoms with Gasteiger partial charge in [0.15, 0.2) is 0 Å². The molecule has 1 saturated heterocycles. The maximum Gasteiger partial charge on any atom is 0.226 e. The lowest BCUT2D eigenvalue weighted by atomic mass is 9.92. The van der Waals surface area contributed by atoms with Crippen LogP contribution in [0.4, 0.5) is 0 Å². The molecule has 0 saturated carbocycles. The van der Waals surface area contributed by atoms with E-state index in [4.69, 9.17) is 4.74 Å². The number of carbonyl (C=O) groups is 1. The molecule has 0 aliphatic carbocycles. The maximum atomic E-state index is 12.4. The second kappa shape index (κ2) is 8.48. The van der Waals surface area contributed by atoms with Crippen molar-refractivity contribution in [3.63, 3.8) is 0 Å². The summed E-state index contributed by atoms with van der Waals surface area (Å²) in [7, 11) is 0. The second-order valence-corrected chi connectivity index (χ2v) is 6.32. The number of aromatic nitrogens is 1. The number of rotatable bonds is 6. The molecule has 126 valence electrons. The molecule has 0 bridgehead atoms. The van der Waals surface area contributed by atoms with Gasteiger partial charge in [-0.3, -0.25) is 9.78 Å². The van der Waals surface area contributed by atoms with Crippen molar-refractivity contribution in [2.45, 2.75) is 25.7 Å². The zero-order valence-corrected chi connectivity index (χ0v) is 13.9. The Labute approximate surface area is 143 Å². The summed E-state index contributed by atoms with van der Waals surface area (Å²) in [5.41, 5.74) is 1.25. The highest BCUT2D eigenvalue weighted by molar-refractivity contribution is 5.76. The molecule has 0 radical (unpaired) electrons. The summed E-state index contributed by atoms with van der Waals surface area (Å²) in [4.78, 5) is 18.6. The molecule has 4 nitrogen and oxygen atoms in total. The van der Waals surface area contributed by atoms with Crippen LogP contribution in [0.15, 0.2) is 54.9 Å². The Kier molecular flexibility index (Phi) is 5.83. The van der Waals surface area contributed by atoms with Gasteiger partial charge in [0.05, 0.1) is 13.0 Å². The molecule has 2 aromatic rings. The van der Waals surface area contributed by atoms with Crippen molar-refractivity contribution >= 4 is 5.91 Å². The standard InChI is InChI=1S/C20H24N2O2/c23-20(10-13-24-19-8-2-1-3-9-19)22-12-5-7-18(16-22)14-17-6-4-11-21-15-17/h1-4,6,8-9,11,15,18H,5,7,10,12-14,16H2/t18-/m1/s1. The average molecular weight is 324 g/mol. The van der Waals surface area contributed by atoms with Crippen molar-refractivity contribution < 1.29 is 9.53 Å². The van der Waals surface area contributed by atoms with Gasteiger partial charge in [0.1, 0.15) is 5.75 Å². The van der Waals surface area contributed by atoms with Crippen LogP contribution >= 0.6 is 0 Å². The number of likely N-dealkylation sites (tertiary alicyclic amines) is 1. The van der Waals surface area contributed by atoms with E-state index in [-0.39, 0.29) is 5.91 Å². The van der Waals surface area contributed by atoms with E-state index < -0.39 is 0 Å². The fraction of sp³-hybridized carbons (Fsp3) is 0.400. The molecule has 4 heteroatoms. The van der Waals surface area contributed by atoms with Crippen LogP contribution in [0.2, 0.25) is 0 Å². The zero-order valence-electron chi connectivity index (χ0n) is 13.9. The van der Waals surface area contributed by atoms with Crippen LogP contribution in [0.3, 0.4) is 0 Å². The van der Waals surface area contributed by atoms with Gasteiger partial charge in [0.2, 0.25) is 5.91 Å². The Hall–Kier alpha value is -2.36. The normalized spacial score (nSPS) is 17.5. The highest BCUT2D eigenvalue weighted by atomic mass is 16.5. The molecule has 24 heavy (non-hydrogen) atoms. The van der Waals surface area contributed by atoms with E-state index in [1.165, 1.54) is 12.0 Å². The molecule has 0 spiro atoms. The highest BCUT2D eigenvalue weighted by Gasteiger charge is 2.23. The van der Waals surface area contributed by atoms with E-state index in [0.29, 0.717) is 18.9 Å². The van der Waals surface area contributed by atoms with Crippen molar-refractivity contribution in [1.29, 1.82) is 0 Å². The van der Waals surface area contributed by atoms with Gasteiger partial charge in [-0.1, -0.05) is 24.3 Å². The minimum absolute atomic E-state index is 0.196. The largest absolute Gasteiger partial charge is 0.493 e. The third-order valence-corrected chi connectivity index (χ3v) is 4.45. The van der Waals surface area contributed by atoms with E-state index in [0.717, 1.165) is 31.7 Å². The number of hydrogen-bond donors (Lipinski definition) is 0. The fourth-order valence-electron chi connectivity index (χ4n) is 3.24. The number of nitrogens with zero attached hydrogens (tertiary/aromatic N) is 2. The smallest absolute Gasteiger partial charge is 0.226 e. The van der Waals surface area contributed by atoms with E-state index in [1.54, 1.807) is 6.20 Å². The molecule has 3 rings (SSSR count). The summed E-state index contributed by atoms with van der Waals surface area (Å²) >= 11 is 0. The van der Waals surface area contributed by atoms with Crippen LogP contribution in [0, 0.1) is 5.92 Å². The monoisotopic (exact) mass is 324 g/mol. The summed E-state index contributed by atoms with van der Waals surface area (Å²) < 4.78 is 5.63. The minimum atomic E-state index is 0.196. The van der Waals surface area contributed by atoms with Crippen LogP contribution in [0.5, 0.6) is 5.75 Å². The lowest BCUT2D eigenvalue weighted by Crippen LogP contribution is -2.41. The lowest BCUT2D eigenvalue weighted by molar-refractivity contribution is -0.133. The Morgan fingerprint density at radius 1 is 1.21 bits per heavy atom. The van der Waals surface area contributed by atoms with Gasteiger partial charge >= 0.3 is 0 Å². The van der Waals surface area contributed by atoms with E-state index in [1.807, 2.05) is 47.5 Å². The first kappa shape index (κ1) is 16.5. The summed E-state index contributed by atoms with van der Waals surface area (Å²) in [6.45, 7) is 2.15. The molecule has 1 fully saturated rings. The van der Waals surface area contributed by atoms with Crippen LogP contribution in [0.25, 0.3) is 0 Å². The number of para-hydroxylation sites is 1. The molecular formula is C20H24N2O2. The van der Waals surface area contributed by atoms with Crippen molar-refractivity contribution in [2.75, 3.05) is 19.7 Å². The SMILES string of the molecule is O=C(CCOc1ccccc1)N1CCC[C@H](Cc2cccnc2)C1. The molecule has 1 atom stereocenters. The van der Waals surface area contributed by atoms with Crippen molar-refractivity contribution in [3.8, 4) is 5.75 Å². The number of piperidine rings is 1. The lowest BCUT2D eigenvalue weighted by Gasteiger charge is -2.33. The first-order chi connectivity index (χ1) is 11.8. The van der Waals surface area contributed by atoms with Gasteiger partial charge in [-0.05, 0) is 48.9 Å². The first-order valence-electron chi connectivity index (χ1n) is 8.66. The third-order valence-electron chi connectivity index (χ3n) is 4.45. The van der Waals surface area contributed by atoms with Gasteiger partial charge in [-0.2, -0.15) is 0 Å². The Morgan fingerprint density at radius 3 is 2.88 bits per heavy atom. The topological polar surface area (TPSA) is 42.4 Å². The first-order valence-corrected chi connectivity index (χ1v) is 8.66. The van der Waals surface area contributed by atoms with E-state index in [2.05, 4.69) is 11.1 Å². The molecule has 0 unspecified atom stereocenters. The predicted molar refractivity (Wildman–Crippen MR) is 93.8 cm³/mol. The Bertz CT molecular complexity index is 631. The predicted octanol–water partition coefficient (Wildman–Crippen LogP) is 3.33. The van der Waals surface area contributed by atoms with Crippen molar-refractivity contribution in [1.82, 2.24) is 9.88 Å². The summed E-state index contributed by atoms with van der Waals surface area (Å²) in [5, 5.41) is 0. The fourth-order valence-corrected chi connectivity index (χ4v) is 3.24. The number of carbonyl (C=O) groups excluding carboxylic acids is 1. The Balaban J connectivity index is 1.44. The molecule has 1 aliphatic heterocycles. The highest BCUT2D eigenvalue weighted by Crippen LogP contribution is 2.21. The average Bonchev–Trinajstić information content (AvgIpc) is 2.64. The number of ether oxygens (including phenoxy) is 1.